The number of aromatic nitrogens is 2. The van der Waals surface area contributed by atoms with Gasteiger partial charge in [-0.05, 0) is 12.1 Å². The average Bonchev–Trinajstić information content (AvgIpc) is 2.38. The van der Waals surface area contributed by atoms with Gasteiger partial charge in [-0.15, -0.1) is 0 Å². The van der Waals surface area contributed by atoms with E-state index in [4.69, 9.17) is 0 Å². The Hall–Kier alpha value is -2.50. The maximum absolute atomic E-state index is 13.6. The van der Waals surface area contributed by atoms with Crippen molar-refractivity contribution in [3.63, 3.8) is 0 Å². The molecule has 0 N–H and O–H groups in total. The van der Waals surface area contributed by atoms with Crippen molar-refractivity contribution in [2.45, 2.75) is 0 Å². The molecule has 1 aromatic carbocycles. The van der Waals surface area contributed by atoms with Crippen LogP contribution >= 0.6 is 0 Å². The third-order valence-corrected chi connectivity index (χ3v) is 2.73. The minimum absolute atomic E-state index is 0.112. The summed E-state index contributed by atoms with van der Waals surface area (Å²) < 4.78 is 27.2. The summed E-state index contributed by atoms with van der Waals surface area (Å²) in [5.74, 6) is -3.45. The summed E-state index contributed by atoms with van der Waals surface area (Å²) in [6.07, 6.45) is 2.20. The van der Waals surface area contributed by atoms with Crippen LogP contribution in [0.3, 0.4) is 0 Å². The number of ketones is 2. The summed E-state index contributed by atoms with van der Waals surface area (Å²) in [4.78, 5) is 31.2. The van der Waals surface area contributed by atoms with E-state index in [9.17, 15) is 18.4 Å². The Morgan fingerprint density at radius 2 is 1.56 bits per heavy atom. The Morgan fingerprint density at radius 1 is 0.944 bits per heavy atom. The summed E-state index contributed by atoms with van der Waals surface area (Å²) in [5, 5.41) is 0. The minimum atomic E-state index is -0.936. The summed E-state index contributed by atoms with van der Waals surface area (Å²) in [6, 6.07) is 1.62. The predicted molar refractivity (Wildman–Crippen MR) is 55.3 cm³/mol. The normalized spacial score (nSPS) is 13.2. The fraction of sp³-hybridized carbons (Fsp3) is 0. The van der Waals surface area contributed by atoms with Gasteiger partial charge in [0.1, 0.15) is 23.7 Å². The van der Waals surface area contributed by atoms with Crippen LogP contribution in [0.15, 0.2) is 24.7 Å². The van der Waals surface area contributed by atoms with Gasteiger partial charge in [0.2, 0.25) is 11.6 Å². The van der Waals surface area contributed by atoms with Gasteiger partial charge in [-0.1, -0.05) is 0 Å². The molecule has 0 aliphatic heterocycles. The Morgan fingerprint density at radius 3 is 2.22 bits per heavy atom. The van der Waals surface area contributed by atoms with Crippen molar-refractivity contribution in [1.82, 2.24) is 9.97 Å². The molecule has 88 valence electrons. The molecule has 0 amide bonds. The van der Waals surface area contributed by atoms with Crippen molar-refractivity contribution < 1.29 is 18.4 Å². The van der Waals surface area contributed by atoms with Gasteiger partial charge in [0.15, 0.2) is 0 Å². The molecule has 1 aliphatic rings. The van der Waals surface area contributed by atoms with Crippen LogP contribution in [0.5, 0.6) is 0 Å². The molecule has 0 radical (unpaired) electrons. The summed E-state index contributed by atoms with van der Waals surface area (Å²) in [5.41, 5.74) is -1.43. The molecule has 3 rings (SSSR count). The van der Waals surface area contributed by atoms with Gasteiger partial charge in [0.05, 0.1) is 16.7 Å². The van der Waals surface area contributed by atoms with E-state index in [-0.39, 0.29) is 11.3 Å². The molecule has 0 spiro atoms. The van der Waals surface area contributed by atoms with Crippen molar-refractivity contribution in [3.8, 4) is 0 Å². The maximum Gasteiger partial charge on any atom is 0.216 e. The molecule has 0 saturated heterocycles. The molecular formula is C12H4F2N2O2. The lowest BCUT2D eigenvalue weighted by Gasteiger charge is -2.16. The first-order valence-electron chi connectivity index (χ1n) is 4.98. The summed E-state index contributed by atoms with van der Waals surface area (Å²) >= 11 is 0. The van der Waals surface area contributed by atoms with Gasteiger partial charge in [-0.3, -0.25) is 9.59 Å². The molecule has 0 fully saturated rings. The highest BCUT2D eigenvalue weighted by Gasteiger charge is 2.35. The van der Waals surface area contributed by atoms with E-state index in [0.717, 1.165) is 24.7 Å². The Balaban J connectivity index is 2.41. The van der Waals surface area contributed by atoms with E-state index in [1.54, 1.807) is 0 Å². The van der Waals surface area contributed by atoms with Crippen LogP contribution in [-0.4, -0.2) is 21.5 Å². The fourth-order valence-electron chi connectivity index (χ4n) is 1.93. The van der Waals surface area contributed by atoms with E-state index < -0.39 is 34.3 Å². The van der Waals surface area contributed by atoms with Crippen LogP contribution in [0.2, 0.25) is 0 Å². The Labute approximate surface area is 99.3 Å². The number of carbonyl (C=O) groups excluding carboxylic acids is 2. The average molecular weight is 246 g/mol. The predicted octanol–water partition coefficient (Wildman–Crippen LogP) is 1.53. The minimum Gasteiger partial charge on any atom is -0.288 e. The monoisotopic (exact) mass is 246 g/mol. The van der Waals surface area contributed by atoms with E-state index >= 15 is 0 Å². The number of hydrogen-bond donors (Lipinski definition) is 0. The first-order chi connectivity index (χ1) is 8.61. The first kappa shape index (κ1) is 10.6. The molecule has 18 heavy (non-hydrogen) atoms. The van der Waals surface area contributed by atoms with Gasteiger partial charge >= 0.3 is 0 Å². The molecule has 0 unspecified atom stereocenters. The Bertz CT molecular complexity index is 653. The van der Waals surface area contributed by atoms with Crippen molar-refractivity contribution in [3.05, 3.63) is 58.7 Å². The highest BCUT2D eigenvalue weighted by molar-refractivity contribution is 6.27. The van der Waals surface area contributed by atoms with Gasteiger partial charge < -0.3 is 0 Å². The molecule has 0 saturated carbocycles. The number of halogens is 2. The fourth-order valence-corrected chi connectivity index (χ4v) is 1.93. The second-order valence-corrected chi connectivity index (χ2v) is 3.72. The van der Waals surface area contributed by atoms with Crippen LogP contribution in [0, 0.1) is 11.6 Å². The second-order valence-electron chi connectivity index (χ2n) is 3.72. The molecule has 2 aromatic rings. The van der Waals surface area contributed by atoms with Gasteiger partial charge in [-0.25, -0.2) is 18.7 Å². The molecule has 0 bridgehead atoms. The van der Waals surface area contributed by atoms with Gasteiger partial charge in [-0.2, -0.15) is 0 Å². The first-order valence-corrected chi connectivity index (χ1v) is 4.98. The largest absolute Gasteiger partial charge is 0.288 e. The molecule has 1 aromatic heterocycles. The van der Waals surface area contributed by atoms with Crippen LogP contribution in [0.25, 0.3) is 0 Å². The maximum atomic E-state index is 13.6. The lowest BCUT2D eigenvalue weighted by molar-refractivity contribution is 0.0968. The standard InChI is InChI=1S/C12H4F2N2O2/c13-6-1-2-7(14)9-8(6)11(17)5-3-15-4-16-10(5)12(9)18/h1-4H. The second kappa shape index (κ2) is 3.49. The number of rotatable bonds is 0. The van der Waals surface area contributed by atoms with Crippen molar-refractivity contribution in [1.29, 1.82) is 0 Å². The van der Waals surface area contributed by atoms with E-state index in [1.807, 2.05) is 0 Å². The highest BCUT2D eigenvalue weighted by Crippen LogP contribution is 2.28. The van der Waals surface area contributed by atoms with Gasteiger partial charge in [0.25, 0.3) is 0 Å². The smallest absolute Gasteiger partial charge is 0.216 e. The van der Waals surface area contributed by atoms with Gasteiger partial charge in [0, 0.05) is 6.20 Å². The quantitative estimate of drug-likeness (QED) is 0.603. The van der Waals surface area contributed by atoms with Crippen molar-refractivity contribution in [2.24, 2.45) is 0 Å². The zero-order valence-electron chi connectivity index (χ0n) is 8.78. The lowest BCUT2D eigenvalue weighted by atomic mass is 9.87. The van der Waals surface area contributed by atoms with E-state index in [2.05, 4.69) is 9.97 Å². The van der Waals surface area contributed by atoms with E-state index in [1.165, 1.54) is 0 Å². The third kappa shape index (κ3) is 1.22. The lowest BCUT2D eigenvalue weighted by Crippen LogP contribution is -2.25. The summed E-state index contributed by atoms with van der Waals surface area (Å²) in [7, 11) is 0. The third-order valence-electron chi connectivity index (χ3n) is 2.73. The highest BCUT2D eigenvalue weighted by atomic mass is 19.1. The number of hydrogen-bond acceptors (Lipinski definition) is 4. The van der Waals surface area contributed by atoms with Crippen molar-refractivity contribution in [2.75, 3.05) is 0 Å². The Kier molecular flexibility index (Phi) is 2.07. The number of fused-ring (bicyclic) bond motifs is 2. The molecule has 4 nitrogen and oxygen atoms in total. The topological polar surface area (TPSA) is 59.9 Å². The number of nitrogens with zero attached hydrogens (tertiary/aromatic N) is 2. The molecular weight excluding hydrogens is 242 g/mol. The zero-order valence-corrected chi connectivity index (χ0v) is 8.78. The molecule has 6 heteroatoms. The van der Waals surface area contributed by atoms with Crippen LogP contribution < -0.4 is 0 Å². The zero-order chi connectivity index (χ0) is 12.9. The number of carbonyl (C=O) groups is 2. The van der Waals surface area contributed by atoms with Crippen LogP contribution in [0.1, 0.15) is 32.0 Å². The van der Waals surface area contributed by atoms with Crippen LogP contribution in [0.4, 0.5) is 8.78 Å². The van der Waals surface area contributed by atoms with E-state index in [0.29, 0.717) is 0 Å². The van der Waals surface area contributed by atoms with Crippen molar-refractivity contribution >= 4 is 11.6 Å². The number of benzene rings is 1. The van der Waals surface area contributed by atoms with Crippen LogP contribution in [-0.2, 0) is 0 Å². The molecule has 1 aliphatic carbocycles. The summed E-state index contributed by atoms with van der Waals surface area (Å²) in [6.45, 7) is 0. The molecule has 0 atom stereocenters. The molecule has 1 heterocycles. The SMILES string of the molecule is O=C1c2cncnc2C(=O)c2c(F)ccc(F)c21.